The first kappa shape index (κ1) is 19.4. The van der Waals surface area contributed by atoms with E-state index in [1.807, 2.05) is 29.2 Å². The molecule has 1 unspecified atom stereocenters. The number of para-hydroxylation sites is 3. The highest BCUT2D eigenvalue weighted by molar-refractivity contribution is 5.74. The van der Waals surface area contributed by atoms with Gasteiger partial charge in [0.1, 0.15) is 5.75 Å². The molecule has 0 aromatic heterocycles. The Morgan fingerprint density at radius 2 is 1.69 bits per heavy atom. The topological polar surface area (TPSA) is 48.1 Å². The molecular formula is C23H30N4O2. The predicted octanol–water partition coefficient (Wildman–Crippen LogP) is 3.05. The molecule has 1 atom stereocenters. The number of anilines is 2. The number of rotatable bonds is 5. The molecule has 0 aliphatic carbocycles. The zero-order valence-electron chi connectivity index (χ0n) is 17.1. The Kier molecular flexibility index (Phi) is 6.08. The van der Waals surface area contributed by atoms with Gasteiger partial charge in [0.2, 0.25) is 0 Å². The highest BCUT2D eigenvalue weighted by atomic mass is 16.5. The number of nitrogens with zero attached hydrogens (tertiary/aromatic N) is 3. The quantitative estimate of drug-likeness (QED) is 0.847. The summed E-state index contributed by atoms with van der Waals surface area (Å²) in [6.07, 6.45) is 1.12. The molecule has 2 aromatic rings. The van der Waals surface area contributed by atoms with Crippen LogP contribution in [-0.4, -0.2) is 63.9 Å². The summed E-state index contributed by atoms with van der Waals surface area (Å²) < 4.78 is 5.47. The van der Waals surface area contributed by atoms with Crippen LogP contribution >= 0.6 is 0 Å². The fourth-order valence-electron chi connectivity index (χ4n) is 4.26. The number of carbonyl (C=O) groups is 1. The highest BCUT2D eigenvalue weighted by Crippen LogP contribution is 2.28. The second-order valence-electron chi connectivity index (χ2n) is 7.77. The van der Waals surface area contributed by atoms with E-state index in [0.29, 0.717) is 5.92 Å². The molecule has 4 rings (SSSR count). The van der Waals surface area contributed by atoms with Crippen LogP contribution in [-0.2, 0) is 0 Å². The second-order valence-corrected chi connectivity index (χ2v) is 7.77. The number of nitrogens with one attached hydrogen (secondary N) is 1. The van der Waals surface area contributed by atoms with E-state index in [9.17, 15) is 4.79 Å². The first-order chi connectivity index (χ1) is 14.2. The number of hydrogen-bond acceptors (Lipinski definition) is 4. The van der Waals surface area contributed by atoms with Crippen LogP contribution in [0.4, 0.5) is 16.2 Å². The number of hydrogen-bond donors (Lipinski definition) is 1. The van der Waals surface area contributed by atoms with Crippen LogP contribution in [0.15, 0.2) is 54.6 Å². The van der Waals surface area contributed by atoms with E-state index in [1.54, 1.807) is 7.11 Å². The average molecular weight is 395 g/mol. The summed E-state index contributed by atoms with van der Waals surface area (Å²) in [5.74, 6) is 1.39. The molecule has 2 heterocycles. The molecule has 154 valence electrons. The van der Waals surface area contributed by atoms with Crippen LogP contribution in [0.1, 0.15) is 6.42 Å². The Hall–Kier alpha value is -2.89. The largest absolute Gasteiger partial charge is 0.495 e. The molecule has 2 aliphatic rings. The normalized spacial score (nSPS) is 19.3. The second kappa shape index (κ2) is 9.07. The van der Waals surface area contributed by atoms with Gasteiger partial charge in [-0.05, 0) is 36.6 Å². The molecule has 1 N–H and O–H groups in total. The molecule has 0 saturated carbocycles. The van der Waals surface area contributed by atoms with E-state index in [1.165, 1.54) is 5.69 Å². The Bertz CT molecular complexity index is 806. The van der Waals surface area contributed by atoms with Gasteiger partial charge in [-0.2, -0.15) is 0 Å². The summed E-state index contributed by atoms with van der Waals surface area (Å²) in [6.45, 7) is 5.90. The van der Waals surface area contributed by atoms with Gasteiger partial charge >= 0.3 is 6.03 Å². The van der Waals surface area contributed by atoms with E-state index in [0.717, 1.165) is 63.7 Å². The molecule has 2 aromatic carbocycles. The van der Waals surface area contributed by atoms with Gasteiger partial charge in [0, 0.05) is 51.5 Å². The number of carbonyl (C=O) groups excluding carboxylic acids is 1. The smallest absolute Gasteiger partial charge is 0.317 e. The lowest BCUT2D eigenvalue weighted by molar-refractivity contribution is 0.192. The third-order valence-electron chi connectivity index (χ3n) is 5.94. The van der Waals surface area contributed by atoms with Crippen molar-refractivity contribution < 1.29 is 9.53 Å². The fourth-order valence-corrected chi connectivity index (χ4v) is 4.26. The van der Waals surface area contributed by atoms with Crippen molar-refractivity contribution in [2.45, 2.75) is 6.42 Å². The van der Waals surface area contributed by atoms with E-state index in [-0.39, 0.29) is 6.03 Å². The van der Waals surface area contributed by atoms with Crippen molar-refractivity contribution in [3.8, 4) is 5.75 Å². The zero-order chi connectivity index (χ0) is 20.1. The number of benzene rings is 2. The minimum absolute atomic E-state index is 0.0582. The van der Waals surface area contributed by atoms with Gasteiger partial charge in [-0.3, -0.25) is 0 Å². The van der Waals surface area contributed by atoms with Crippen LogP contribution in [0.2, 0.25) is 0 Å². The number of methoxy groups -OCH3 is 1. The molecule has 6 nitrogen and oxygen atoms in total. The van der Waals surface area contributed by atoms with Crippen molar-refractivity contribution in [2.75, 3.05) is 62.7 Å². The molecule has 2 fully saturated rings. The first-order valence-electron chi connectivity index (χ1n) is 10.5. The van der Waals surface area contributed by atoms with Gasteiger partial charge in [-0.15, -0.1) is 0 Å². The number of ether oxygens (including phenoxy) is 1. The van der Waals surface area contributed by atoms with Crippen LogP contribution in [0.25, 0.3) is 0 Å². The molecule has 29 heavy (non-hydrogen) atoms. The molecule has 0 spiro atoms. The summed E-state index contributed by atoms with van der Waals surface area (Å²) in [5.41, 5.74) is 2.37. The summed E-state index contributed by atoms with van der Waals surface area (Å²) in [6, 6.07) is 18.6. The van der Waals surface area contributed by atoms with Crippen LogP contribution in [0.5, 0.6) is 5.75 Å². The van der Waals surface area contributed by atoms with Gasteiger partial charge in [-0.1, -0.05) is 30.3 Å². The van der Waals surface area contributed by atoms with Gasteiger partial charge in [0.15, 0.2) is 0 Å². The molecule has 2 aliphatic heterocycles. The Balaban J connectivity index is 1.22. The van der Waals surface area contributed by atoms with Crippen molar-refractivity contribution in [3.05, 3.63) is 54.6 Å². The van der Waals surface area contributed by atoms with E-state index in [2.05, 4.69) is 45.4 Å². The molecular weight excluding hydrogens is 364 g/mol. The van der Waals surface area contributed by atoms with E-state index < -0.39 is 0 Å². The first-order valence-corrected chi connectivity index (χ1v) is 10.5. The SMILES string of the molecule is COc1ccccc1N1CCN(C(=O)NCC2CCN(c3ccccc3)C2)CC1. The summed E-state index contributed by atoms with van der Waals surface area (Å²) in [5, 5.41) is 3.16. The maximum atomic E-state index is 12.6. The highest BCUT2D eigenvalue weighted by Gasteiger charge is 2.26. The molecule has 2 amide bonds. The Labute approximate surface area is 173 Å². The van der Waals surface area contributed by atoms with Crippen molar-refractivity contribution in [3.63, 3.8) is 0 Å². The van der Waals surface area contributed by atoms with Crippen molar-refractivity contribution in [2.24, 2.45) is 5.92 Å². The third-order valence-corrected chi connectivity index (χ3v) is 5.94. The van der Waals surface area contributed by atoms with Gasteiger partial charge in [0.25, 0.3) is 0 Å². The van der Waals surface area contributed by atoms with Crippen molar-refractivity contribution >= 4 is 17.4 Å². The Morgan fingerprint density at radius 1 is 0.966 bits per heavy atom. The lowest BCUT2D eigenvalue weighted by Gasteiger charge is -2.36. The van der Waals surface area contributed by atoms with E-state index in [4.69, 9.17) is 4.74 Å². The molecule has 2 saturated heterocycles. The summed E-state index contributed by atoms with van der Waals surface area (Å²) >= 11 is 0. The van der Waals surface area contributed by atoms with Gasteiger partial charge < -0.3 is 24.8 Å². The van der Waals surface area contributed by atoms with Gasteiger partial charge in [-0.25, -0.2) is 4.79 Å². The van der Waals surface area contributed by atoms with Crippen LogP contribution in [0.3, 0.4) is 0 Å². The standard InChI is InChI=1S/C23H30N4O2/c1-29-22-10-6-5-9-21(22)25-13-15-26(16-14-25)23(28)24-17-19-11-12-27(18-19)20-7-3-2-4-8-20/h2-10,19H,11-18H2,1H3,(H,24,28). The average Bonchev–Trinajstić information content (AvgIpc) is 3.27. The minimum Gasteiger partial charge on any atom is -0.495 e. The minimum atomic E-state index is 0.0582. The monoisotopic (exact) mass is 394 g/mol. The third kappa shape index (κ3) is 4.58. The number of urea groups is 1. The van der Waals surface area contributed by atoms with Crippen LogP contribution in [0, 0.1) is 5.92 Å². The fraction of sp³-hybridized carbons (Fsp3) is 0.435. The van der Waals surface area contributed by atoms with Crippen LogP contribution < -0.4 is 19.9 Å². The summed E-state index contributed by atoms with van der Waals surface area (Å²) in [4.78, 5) is 19.3. The lowest BCUT2D eigenvalue weighted by atomic mass is 10.1. The predicted molar refractivity (Wildman–Crippen MR) is 117 cm³/mol. The molecule has 6 heteroatoms. The summed E-state index contributed by atoms with van der Waals surface area (Å²) in [7, 11) is 1.70. The molecule has 0 radical (unpaired) electrons. The Morgan fingerprint density at radius 3 is 2.45 bits per heavy atom. The number of amides is 2. The number of piperazine rings is 1. The zero-order valence-corrected chi connectivity index (χ0v) is 17.1. The van der Waals surface area contributed by atoms with Gasteiger partial charge in [0.05, 0.1) is 12.8 Å². The lowest BCUT2D eigenvalue weighted by Crippen LogP contribution is -2.52. The van der Waals surface area contributed by atoms with Crippen molar-refractivity contribution in [1.82, 2.24) is 10.2 Å². The maximum absolute atomic E-state index is 12.6. The maximum Gasteiger partial charge on any atom is 0.317 e. The van der Waals surface area contributed by atoms with E-state index >= 15 is 0 Å². The van der Waals surface area contributed by atoms with Crippen molar-refractivity contribution in [1.29, 1.82) is 0 Å². The molecule has 0 bridgehead atoms.